The van der Waals surface area contributed by atoms with E-state index in [0.29, 0.717) is 49.4 Å². The number of fused-ring (bicyclic) bond motifs is 1. The van der Waals surface area contributed by atoms with Gasteiger partial charge in [0.05, 0.1) is 24.2 Å². The van der Waals surface area contributed by atoms with Crippen molar-refractivity contribution >= 4 is 23.6 Å². The van der Waals surface area contributed by atoms with Gasteiger partial charge in [0.25, 0.3) is 17.7 Å². The van der Waals surface area contributed by atoms with Crippen molar-refractivity contribution in [3.63, 3.8) is 0 Å². The van der Waals surface area contributed by atoms with E-state index in [1.807, 2.05) is 15.9 Å². The number of carbonyl (C=O) groups is 4. The number of likely N-dealkylation sites (tertiary alicyclic amines) is 1. The predicted molar refractivity (Wildman–Crippen MR) is 134 cm³/mol. The summed E-state index contributed by atoms with van der Waals surface area (Å²) in [5.74, 6) is -0.494. The van der Waals surface area contributed by atoms with Crippen LogP contribution in [0.3, 0.4) is 0 Å². The van der Waals surface area contributed by atoms with E-state index in [1.54, 1.807) is 42.5 Å². The molecular weight excluding hydrogens is 456 g/mol. The molecule has 0 N–H and O–H groups in total. The SMILES string of the molecule is O=C(CN1CCN(C(=O)c2cccc(CN3C(=O)c4ccccc4C3=O)c2)CC1)N1CCCCCC1. The van der Waals surface area contributed by atoms with Crippen LogP contribution in [0.2, 0.25) is 0 Å². The van der Waals surface area contributed by atoms with Gasteiger partial charge in [-0.3, -0.25) is 29.0 Å². The van der Waals surface area contributed by atoms with Crippen LogP contribution in [0.1, 0.15) is 62.3 Å². The summed E-state index contributed by atoms with van der Waals surface area (Å²) in [5, 5.41) is 0. The van der Waals surface area contributed by atoms with Crippen LogP contribution in [0.25, 0.3) is 0 Å². The zero-order chi connectivity index (χ0) is 25.1. The lowest BCUT2D eigenvalue weighted by atomic mass is 10.1. The Morgan fingerprint density at radius 3 is 1.97 bits per heavy atom. The molecule has 8 heteroatoms. The molecule has 0 unspecified atom stereocenters. The molecule has 0 radical (unpaired) electrons. The number of nitrogens with zero attached hydrogens (tertiary/aromatic N) is 4. The van der Waals surface area contributed by atoms with Gasteiger partial charge in [0.1, 0.15) is 0 Å². The van der Waals surface area contributed by atoms with Gasteiger partial charge in [-0.1, -0.05) is 37.1 Å². The third kappa shape index (κ3) is 5.04. The molecule has 3 aliphatic heterocycles. The molecule has 36 heavy (non-hydrogen) atoms. The molecule has 2 aromatic carbocycles. The Morgan fingerprint density at radius 1 is 0.694 bits per heavy atom. The molecule has 0 atom stereocenters. The molecule has 0 spiro atoms. The number of benzene rings is 2. The summed E-state index contributed by atoms with van der Waals surface area (Å²) < 4.78 is 0. The van der Waals surface area contributed by atoms with Gasteiger partial charge in [0.15, 0.2) is 0 Å². The van der Waals surface area contributed by atoms with Crippen molar-refractivity contribution in [2.24, 2.45) is 0 Å². The summed E-state index contributed by atoms with van der Waals surface area (Å²) in [6.45, 7) is 4.71. The van der Waals surface area contributed by atoms with E-state index in [4.69, 9.17) is 0 Å². The molecule has 2 aromatic rings. The Hall–Kier alpha value is -3.52. The van der Waals surface area contributed by atoms with Crippen LogP contribution in [0.4, 0.5) is 0 Å². The molecule has 2 saturated heterocycles. The monoisotopic (exact) mass is 488 g/mol. The van der Waals surface area contributed by atoms with Crippen molar-refractivity contribution in [1.29, 1.82) is 0 Å². The van der Waals surface area contributed by atoms with Crippen molar-refractivity contribution < 1.29 is 19.2 Å². The van der Waals surface area contributed by atoms with E-state index in [-0.39, 0.29) is 30.2 Å². The van der Waals surface area contributed by atoms with Gasteiger partial charge < -0.3 is 9.80 Å². The Balaban J connectivity index is 1.16. The van der Waals surface area contributed by atoms with E-state index >= 15 is 0 Å². The van der Waals surface area contributed by atoms with Crippen LogP contribution >= 0.6 is 0 Å². The second-order valence-corrected chi connectivity index (χ2v) is 9.81. The first kappa shape index (κ1) is 24.2. The quantitative estimate of drug-likeness (QED) is 0.605. The summed E-state index contributed by atoms with van der Waals surface area (Å²) >= 11 is 0. The van der Waals surface area contributed by atoms with Gasteiger partial charge in [-0.05, 0) is 42.7 Å². The largest absolute Gasteiger partial charge is 0.342 e. The predicted octanol–water partition coefficient (Wildman–Crippen LogP) is 2.64. The van der Waals surface area contributed by atoms with Crippen LogP contribution in [-0.2, 0) is 11.3 Å². The molecule has 0 saturated carbocycles. The highest BCUT2D eigenvalue weighted by atomic mass is 16.2. The smallest absolute Gasteiger partial charge is 0.261 e. The molecule has 5 rings (SSSR count). The molecule has 0 aliphatic carbocycles. The van der Waals surface area contributed by atoms with Gasteiger partial charge in [0, 0.05) is 44.8 Å². The van der Waals surface area contributed by atoms with E-state index in [2.05, 4.69) is 4.90 Å². The van der Waals surface area contributed by atoms with Crippen LogP contribution in [0.15, 0.2) is 48.5 Å². The van der Waals surface area contributed by atoms with Crippen molar-refractivity contribution in [2.75, 3.05) is 45.8 Å². The second-order valence-electron chi connectivity index (χ2n) is 9.81. The first-order chi connectivity index (χ1) is 17.5. The van der Waals surface area contributed by atoms with Crippen molar-refractivity contribution in [1.82, 2.24) is 19.6 Å². The Bertz CT molecular complexity index is 1130. The molecule has 2 fully saturated rings. The minimum absolute atomic E-state index is 0.0716. The number of rotatable bonds is 5. The Morgan fingerprint density at radius 2 is 1.33 bits per heavy atom. The fourth-order valence-electron chi connectivity index (χ4n) is 5.27. The fraction of sp³-hybridized carbons (Fsp3) is 0.429. The highest BCUT2D eigenvalue weighted by molar-refractivity contribution is 6.21. The molecular formula is C28H32N4O4. The van der Waals surface area contributed by atoms with Crippen molar-refractivity contribution in [3.05, 3.63) is 70.8 Å². The van der Waals surface area contributed by atoms with Gasteiger partial charge >= 0.3 is 0 Å². The summed E-state index contributed by atoms with van der Waals surface area (Å²) in [6, 6.07) is 14.0. The lowest BCUT2D eigenvalue weighted by Gasteiger charge is -2.35. The normalized spacial score (nSPS) is 18.8. The third-order valence-electron chi connectivity index (χ3n) is 7.37. The Labute approximate surface area is 211 Å². The molecule has 3 aliphatic rings. The van der Waals surface area contributed by atoms with Crippen molar-refractivity contribution in [3.8, 4) is 0 Å². The van der Waals surface area contributed by atoms with Crippen LogP contribution in [0, 0.1) is 0 Å². The van der Waals surface area contributed by atoms with Crippen LogP contribution < -0.4 is 0 Å². The summed E-state index contributed by atoms with van der Waals surface area (Å²) in [6.07, 6.45) is 4.56. The molecule has 0 bridgehead atoms. The van der Waals surface area contributed by atoms with Crippen LogP contribution in [0.5, 0.6) is 0 Å². The number of piperazine rings is 1. The number of amides is 4. The van der Waals surface area contributed by atoms with Gasteiger partial charge in [-0.15, -0.1) is 0 Å². The molecule has 3 heterocycles. The minimum atomic E-state index is -0.307. The number of carbonyl (C=O) groups excluding carboxylic acids is 4. The molecule has 4 amide bonds. The van der Waals surface area contributed by atoms with Gasteiger partial charge in [-0.25, -0.2) is 0 Å². The number of hydrogen-bond acceptors (Lipinski definition) is 5. The number of hydrogen-bond donors (Lipinski definition) is 0. The lowest BCUT2D eigenvalue weighted by Crippen LogP contribution is -2.51. The molecule has 0 aromatic heterocycles. The van der Waals surface area contributed by atoms with Gasteiger partial charge in [0.2, 0.25) is 5.91 Å². The van der Waals surface area contributed by atoms with E-state index in [9.17, 15) is 19.2 Å². The van der Waals surface area contributed by atoms with E-state index in [0.717, 1.165) is 31.5 Å². The molecule has 188 valence electrons. The van der Waals surface area contributed by atoms with E-state index < -0.39 is 0 Å². The topological polar surface area (TPSA) is 81.2 Å². The lowest BCUT2D eigenvalue weighted by molar-refractivity contribution is -0.132. The van der Waals surface area contributed by atoms with Crippen molar-refractivity contribution in [2.45, 2.75) is 32.2 Å². The van der Waals surface area contributed by atoms with Crippen LogP contribution in [-0.4, -0.2) is 89.0 Å². The maximum atomic E-state index is 13.2. The number of imide groups is 1. The standard InChI is InChI=1S/C28H32N4O4/c33-25(30-12-5-1-2-6-13-30)20-29-14-16-31(17-15-29)26(34)22-9-7-8-21(18-22)19-32-27(35)23-10-3-4-11-24(23)28(32)36/h3-4,7-11,18H,1-2,5-6,12-17,19-20H2. The first-order valence-electron chi connectivity index (χ1n) is 12.8. The highest BCUT2D eigenvalue weighted by Crippen LogP contribution is 2.24. The first-order valence-corrected chi connectivity index (χ1v) is 12.8. The summed E-state index contributed by atoms with van der Waals surface area (Å²) in [5.41, 5.74) is 2.11. The Kier molecular flexibility index (Phi) is 7.13. The maximum Gasteiger partial charge on any atom is 0.261 e. The second kappa shape index (κ2) is 10.6. The maximum absolute atomic E-state index is 13.2. The average Bonchev–Trinajstić information content (AvgIpc) is 3.09. The molecule has 8 nitrogen and oxygen atoms in total. The zero-order valence-electron chi connectivity index (χ0n) is 20.5. The summed E-state index contributed by atoms with van der Waals surface area (Å²) in [4.78, 5) is 58.5. The van der Waals surface area contributed by atoms with E-state index in [1.165, 1.54) is 17.7 Å². The highest BCUT2D eigenvalue weighted by Gasteiger charge is 2.35. The van der Waals surface area contributed by atoms with Gasteiger partial charge in [-0.2, -0.15) is 0 Å². The summed E-state index contributed by atoms with van der Waals surface area (Å²) in [7, 11) is 0. The third-order valence-corrected chi connectivity index (χ3v) is 7.37. The fourth-order valence-corrected chi connectivity index (χ4v) is 5.27. The minimum Gasteiger partial charge on any atom is -0.342 e. The average molecular weight is 489 g/mol. The zero-order valence-corrected chi connectivity index (χ0v) is 20.5.